The Hall–Kier alpha value is -1.82. The Bertz CT molecular complexity index is 652. The maximum absolute atomic E-state index is 12.4. The number of nitrogens with one attached hydrogen (secondary N) is 1. The Morgan fingerprint density at radius 2 is 2.45 bits per heavy atom. The van der Waals surface area contributed by atoms with Crippen LogP contribution in [0.1, 0.15) is 42.2 Å². The van der Waals surface area contributed by atoms with E-state index in [4.69, 9.17) is 16.1 Å². The largest absolute Gasteiger partial charge is 0.360 e. The van der Waals surface area contributed by atoms with Crippen LogP contribution < -0.4 is 0 Å². The van der Waals surface area contributed by atoms with E-state index in [0.717, 1.165) is 37.2 Å². The van der Waals surface area contributed by atoms with E-state index in [0.29, 0.717) is 29.7 Å². The van der Waals surface area contributed by atoms with Crippen LogP contribution in [0, 0.1) is 6.92 Å². The quantitative estimate of drug-likeness (QED) is 0.939. The monoisotopic (exact) mass is 322 g/mol. The molecular weight excluding hydrogens is 304 g/mol. The normalized spacial score (nSPS) is 18.6. The lowest BCUT2D eigenvalue weighted by atomic mass is 9.92. The first-order valence-corrected chi connectivity index (χ1v) is 7.90. The molecule has 0 radical (unpaired) electrons. The van der Waals surface area contributed by atoms with Gasteiger partial charge in [0, 0.05) is 43.6 Å². The van der Waals surface area contributed by atoms with Crippen LogP contribution in [0.4, 0.5) is 0 Å². The number of hydrogen-bond donors (Lipinski definition) is 1. The van der Waals surface area contributed by atoms with E-state index in [-0.39, 0.29) is 5.91 Å². The van der Waals surface area contributed by atoms with Gasteiger partial charge in [-0.1, -0.05) is 16.8 Å². The third-order valence-corrected chi connectivity index (χ3v) is 4.34. The van der Waals surface area contributed by atoms with Gasteiger partial charge in [-0.25, -0.2) is 0 Å². The van der Waals surface area contributed by atoms with Gasteiger partial charge in [-0.3, -0.25) is 9.89 Å². The van der Waals surface area contributed by atoms with Crippen LogP contribution in [0.2, 0.25) is 5.15 Å². The summed E-state index contributed by atoms with van der Waals surface area (Å²) >= 11 is 5.71. The molecule has 0 spiro atoms. The highest BCUT2D eigenvalue weighted by Crippen LogP contribution is 2.27. The number of carbonyl (C=O) groups is 1. The van der Waals surface area contributed by atoms with Gasteiger partial charge in [0.15, 0.2) is 5.15 Å². The number of hydrogen-bond acceptors (Lipinski definition) is 4. The number of aromatic nitrogens is 3. The van der Waals surface area contributed by atoms with Crippen molar-refractivity contribution >= 4 is 17.5 Å². The molecule has 1 unspecified atom stereocenters. The predicted molar refractivity (Wildman–Crippen MR) is 81.7 cm³/mol. The lowest BCUT2D eigenvalue weighted by Gasteiger charge is -2.32. The van der Waals surface area contributed by atoms with Crippen molar-refractivity contribution in [3.8, 4) is 0 Å². The molecule has 118 valence electrons. The third-order valence-electron chi connectivity index (χ3n) is 4.17. The minimum Gasteiger partial charge on any atom is -0.360 e. The summed E-state index contributed by atoms with van der Waals surface area (Å²) in [7, 11) is 0. The van der Waals surface area contributed by atoms with Crippen molar-refractivity contribution in [2.45, 2.75) is 38.5 Å². The summed E-state index contributed by atoms with van der Waals surface area (Å²) in [4.78, 5) is 14.3. The van der Waals surface area contributed by atoms with Crippen LogP contribution in [-0.2, 0) is 11.2 Å². The zero-order valence-corrected chi connectivity index (χ0v) is 13.3. The van der Waals surface area contributed by atoms with Crippen LogP contribution in [0.25, 0.3) is 0 Å². The van der Waals surface area contributed by atoms with Gasteiger partial charge < -0.3 is 9.42 Å². The number of carbonyl (C=O) groups excluding carboxylic acids is 1. The standard InChI is InChI=1S/C15H19ClN4O2/c1-10-8-17-18-15(10)11-3-2-6-20(9-11)14(21)5-4-12-7-13(16)19-22-12/h7-8,11H,2-6,9H2,1H3,(H,17,18). The molecule has 0 bridgehead atoms. The molecule has 22 heavy (non-hydrogen) atoms. The molecule has 1 amide bonds. The average molecular weight is 323 g/mol. The summed E-state index contributed by atoms with van der Waals surface area (Å²) in [6, 6.07) is 1.65. The Morgan fingerprint density at radius 3 is 3.14 bits per heavy atom. The number of aryl methyl sites for hydroxylation is 2. The number of halogens is 1. The van der Waals surface area contributed by atoms with E-state index in [1.165, 1.54) is 0 Å². The van der Waals surface area contributed by atoms with Gasteiger partial charge in [0.05, 0.1) is 6.20 Å². The molecule has 1 aliphatic heterocycles. The van der Waals surface area contributed by atoms with Gasteiger partial charge in [-0.2, -0.15) is 5.10 Å². The Kier molecular flexibility index (Phi) is 4.47. The lowest BCUT2D eigenvalue weighted by Crippen LogP contribution is -2.39. The second kappa shape index (κ2) is 6.52. The van der Waals surface area contributed by atoms with Crippen LogP contribution in [-0.4, -0.2) is 39.3 Å². The summed E-state index contributed by atoms with van der Waals surface area (Å²) in [5, 5.41) is 11.1. The number of aromatic amines is 1. The topological polar surface area (TPSA) is 75.0 Å². The van der Waals surface area contributed by atoms with Gasteiger partial charge in [0.2, 0.25) is 5.91 Å². The molecule has 2 aromatic rings. The maximum atomic E-state index is 12.4. The molecule has 7 heteroatoms. The minimum absolute atomic E-state index is 0.148. The zero-order chi connectivity index (χ0) is 15.5. The summed E-state index contributed by atoms with van der Waals surface area (Å²) in [5.74, 6) is 1.14. The molecule has 2 aromatic heterocycles. The Morgan fingerprint density at radius 1 is 1.59 bits per heavy atom. The summed E-state index contributed by atoms with van der Waals surface area (Å²) in [5.41, 5.74) is 2.31. The minimum atomic E-state index is 0.148. The Labute approximate surface area is 133 Å². The second-order valence-corrected chi connectivity index (χ2v) is 6.15. The van der Waals surface area contributed by atoms with Crippen molar-refractivity contribution in [1.29, 1.82) is 0 Å². The van der Waals surface area contributed by atoms with Gasteiger partial charge in [-0.05, 0) is 25.3 Å². The Balaban J connectivity index is 1.57. The van der Waals surface area contributed by atoms with Crippen molar-refractivity contribution in [2.24, 2.45) is 0 Å². The number of piperidine rings is 1. The number of amides is 1. The van der Waals surface area contributed by atoms with E-state index in [2.05, 4.69) is 15.4 Å². The van der Waals surface area contributed by atoms with Crippen molar-refractivity contribution in [2.75, 3.05) is 13.1 Å². The van der Waals surface area contributed by atoms with Crippen LogP contribution in [0.3, 0.4) is 0 Å². The molecular formula is C15H19ClN4O2. The fourth-order valence-electron chi connectivity index (χ4n) is 3.00. The van der Waals surface area contributed by atoms with E-state index in [9.17, 15) is 4.79 Å². The van der Waals surface area contributed by atoms with Crippen molar-refractivity contribution in [1.82, 2.24) is 20.3 Å². The molecule has 3 rings (SSSR count). The SMILES string of the molecule is Cc1cn[nH]c1C1CCCN(C(=O)CCc2cc(Cl)no2)C1. The molecule has 0 saturated carbocycles. The van der Waals surface area contributed by atoms with E-state index in [1.54, 1.807) is 6.07 Å². The van der Waals surface area contributed by atoms with Gasteiger partial charge in [-0.15, -0.1) is 0 Å². The number of likely N-dealkylation sites (tertiary alicyclic amines) is 1. The summed E-state index contributed by atoms with van der Waals surface area (Å²) in [6.45, 7) is 3.62. The first-order chi connectivity index (χ1) is 10.6. The van der Waals surface area contributed by atoms with E-state index >= 15 is 0 Å². The molecule has 0 aliphatic carbocycles. The van der Waals surface area contributed by atoms with Gasteiger partial charge >= 0.3 is 0 Å². The smallest absolute Gasteiger partial charge is 0.223 e. The second-order valence-electron chi connectivity index (χ2n) is 5.76. The molecule has 1 saturated heterocycles. The zero-order valence-electron chi connectivity index (χ0n) is 12.5. The highest BCUT2D eigenvalue weighted by Gasteiger charge is 2.26. The highest BCUT2D eigenvalue weighted by atomic mass is 35.5. The summed E-state index contributed by atoms with van der Waals surface area (Å²) < 4.78 is 5.03. The van der Waals surface area contributed by atoms with Crippen LogP contribution in [0.5, 0.6) is 0 Å². The molecule has 3 heterocycles. The molecule has 1 aliphatic rings. The number of rotatable bonds is 4. The van der Waals surface area contributed by atoms with Gasteiger partial charge in [0.1, 0.15) is 5.76 Å². The van der Waals surface area contributed by atoms with E-state index in [1.807, 2.05) is 18.0 Å². The van der Waals surface area contributed by atoms with Crippen LogP contribution >= 0.6 is 11.6 Å². The molecule has 6 nitrogen and oxygen atoms in total. The fraction of sp³-hybridized carbons (Fsp3) is 0.533. The van der Waals surface area contributed by atoms with Crippen molar-refractivity contribution in [3.05, 3.63) is 34.4 Å². The molecule has 1 atom stereocenters. The van der Waals surface area contributed by atoms with Crippen LogP contribution in [0.15, 0.2) is 16.8 Å². The first-order valence-electron chi connectivity index (χ1n) is 7.52. The van der Waals surface area contributed by atoms with Crippen molar-refractivity contribution in [3.63, 3.8) is 0 Å². The lowest BCUT2D eigenvalue weighted by molar-refractivity contribution is -0.132. The molecule has 1 N–H and O–H groups in total. The fourth-order valence-corrected chi connectivity index (χ4v) is 3.16. The first kappa shape index (κ1) is 15.1. The average Bonchev–Trinajstić information content (AvgIpc) is 3.13. The highest BCUT2D eigenvalue weighted by molar-refractivity contribution is 6.29. The molecule has 1 fully saturated rings. The predicted octanol–water partition coefficient (Wildman–Crippen LogP) is 2.70. The van der Waals surface area contributed by atoms with Gasteiger partial charge in [0.25, 0.3) is 0 Å². The number of nitrogens with zero attached hydrogens (tertiary/aromatic N) is 3. The van der Waals surface area contributed by atoms with Crippen molar-refractivity contribution < 1.29 is 9.32 Å². The summed E-state index contributed by atoms with van der Waals surface area (Å²) in [6.07, 6.45) is 4.89. The maximum Gasteiger partial charge on any atom is 0.223 e. The number of H-pyrrole nitrogens is 1. The third kappa shape index (κ3) is 3.32. The molecule has 0 aromatic carbocycles. The van der Waals surface area contributed by atoms with E-state index < -0.39 is 0 Å².